The molecule has 0 fully saturated rings. The monoisotopic (exact) mass is 445 g/mol. The van der Waals surface area contributed by atoms with E-state index in [1.807, 2.05) is 37.3 Å². The van der Waals surface area contributed by atoms with Crippen LogP contribution in [0.2, 0.25) is 0 Å². The number of hydrogen-bond donors (Lipinski definition) is 1. The fraction of sp³-hybridized carbons (Fsp3) is 0.333. The number of nitrogens with zero attached hydrogens (tertiary/aromatic N) is 3. The van der Waals surface area contributed by atoms with Gasteiger partial charge in [0.05, 0.1) is 23.6 Å². The van der Waals surface area contributed by atoms with Crippen molar-refractivity contribution in [2.45, 2.75) is 44.2 Å². The van der Waals surface area contributed by atoms with Crippen LogP contribution in [0.1, 0.15) is 21.6 Å². The van der Waals surface area contributed by atoms with Crippen molar-refractivity contribution in [2.24, 2.45) is 5.11 Å². The van der Waals surface area contributed by atoms with Crippen molar-refractivity contribution in [1.82, 2.24) is 0 Å². The summed E-state index contributed by atoms with van der Waals surface area (Å²) in [6.07, 6.45) is -0.983. The minimum atomic E-state index is -4.07. The molecule has 3 rings (SSSR count). The Balaban J connectivity index is 1.75. The van der Waals surface area contributed by atoms with Gasteiger partial charge in [0, 0.05) is 14.5 Å². The Hall–Kier alpha value is -2.42. The summed E-state index contributed by atoms with van der Waals surface area (Å²) in [4.78, 5) is 3.85. The molecule has 2 atom stereocenters. The average molecular weight is 446 g/mol. The number of hydrogen-bond acceptors (Lipinski definition) is 6. The first-order chi connectivity index (χ1) is 14.2. The molecule has 0 aliphatic carbocycles. The van der Waals surface area contributed by atoms with Gasteiger partial charge in [0.25, 0.3) is 10.1 Å². The molecule has 0 saturated heterocycles. The second kappa shape index (κ2) is 9.16. The molecular formula is C21H23N3O4S2. The van der Waals surface area contributed by atoms with Crippen LogP contribution in [0.3, 0.4) is 0 Å². The van der Waals surface area contributed by atoms with E-state index in [4.69, 9.17) is 9.71 Å². The van der Waals surface area contributed by atoms with Gasteiger partial charge >= 0.3 is 0 Å². The van der Waals surface area contributed by atoms with Crippen LogP contribution in [-0.4, -0.2) is 32.3 Å². The van der Waals surface area contributed by atoms with E-state index < -0.39 is 28.9 Å². The van der Waals surface area contributed by atoms with E-state index in [2.05, 4.69) is 10.0 Å². The Kier molecular flexibility index (Phi) is 6.80. The third-order valence-corrected chi connectivity index (χ3v) is 7.51. The van der Waals surface area contributed by atoms with Crippen molar-refractivity contribution in [2.75, 3.05) is 6.61 Å². The predicted octanol–water partition coefficient (Wildman–Crippen LogP) is 4.81. The molecule has 7 nitrogen and oxygen atoms in total. The Morgan fingerprint density at radius 1 is 1.17 bits per heavy atom. The zero-order valence-corrected chi connectivity index (χ0v) is 18.6. The molecule has 1 N–H and O–H groups in total. The van der Waals surface area contributed by atoms with Crippen molar-refractivity contribution < 1.29 is 17.7 Å². The summed E-state index contributed by atoms with van der Waals surface area (Å²) in [6.45, 7) is 4.80. The van der Waals surface area contributed by atoms with Gasteiger partial charge in [-0.05, 0) is 61.4 Å². The van der Waals surface area contributed by atoms with E-state index >= 15 is 0 Å². The van der Waals surface area contributed by atoms with Crippen LogP contribution in [-0.2, 0) is 20.7 Å². The van der Waals surface area contributed by atoms with Gasteiger partial charge in [0.2, 0.25) is 0 Å². The largest absolute Gasteiger partial charge is 0.390 e. The molecule has 30 heavy (non-hydrogen) atoms. The molecule has 0 aliphatic rings. The molecule has 9 heteroatoms. The van der Waals surface area contributed by atoms with Gasteiger partial charge in [0.15, 0.2) is 0 Å². The lowest BCUT2D eigenvalue weighted by molar-refractivity contribution is 0.0881. The topological polar surface area (TPSA) is 112 Å². The second-order valence-corrected chi connectivity index (χ2v) is 9.98. The van der Waals surface area contributed by atoms with Gasteiger partial charge in [-0.3, -0.25) is 4.18 Å². The van der Waals surface area contributed by atoms with Gasteiger partial charge in [-0.25, -0.2) is 0 Å². The van der Waals surface area contributed by atoms with Crippen LogP contribution in [0, 0.1) is 20.8 Å². The summed E-state index contributed by atoms with van der Waals surface area (Å²) in [5, 5.41) is 15.3. The number of aliphatic hydroxyl groups excluding tert-OH is 1. The van der Waals surface area contributed by atoms with E-state index in [9.17, 15) is 13.5 Å². The van der Waals surface area contributed by atoms with Crippen molar-refractivity contribution in [3.05, 3.63) is 74.5 Å². The highest BCUT2D eigenvalue weighted by Gasteiger charge is 2.26. The number of fused-ring (bicyclic) bond motifs is 1. The van der Waals surface area contributed by atoms with E-state index in [0.29, 0.717) is 11.1 Å². The zero-order valence-electron chi connectivity index (χ0n) is 16.9. The van der Waals surface area contributed by atoms with Crippen molar-refractivity contribution >= 4 is 31.5 Å². The van der Waals surface area contributed by atoms with Crippen molar-refractivity contribution in [3.63, 3.8) is 0 Å². The number of azide groups is 1. The number of thiophene rings is 1. The SMILES string of the molecule is Cc1cc(C)c(S(=O)(=O)OC[C@@H](O)[C@H](Cc2cc3ccccc3s2)N=[N+]=[N-])c(C)c1. The first-order valence-electron chi connectivity index (χ1n) is 9.38. The highest BCUT2D eigenvalue weighted by molar-refractivity contribution is 7.86. The quantitative estimate of drug-likeness (QED) is 0.232. The normalized spacial score (nSPS) is 13.7. The van der Waals surface area contributed by atoms with Gasteiger partial charge < -0.3 is 5.11 Å². The highest BCUT2D eigenvalue weighted by atomic mass is 32.2. The van der Waals surface area contributed by atoms with Crippen LogP contribution in [0.4, 0.5) is 0 Å². The number of aliphatic hydroxyl groups is 1. The maximum atomic E-state index is 12.7. The third-order valence-electron chi connectivity index (χ3n) is 4.78. The van der Waals surface area contributed by atoms with Crippen LogP contribution in [0.25, 0.3) is 20.5 Å². The standard InChI is InChI=1S/C21H23N3O4S2/c1-13-8-14(2)21(15(3)9-13)30(26,27)28-12-19(25)18(23-24-22)11-17-10-16-6-4-5-7-20(16)29-17/h4-10,18-19,25H,11-12H2,1-3H3/t18-,19+/m0/s1. The van der Waals surface area contributed by atoms with Gasteiger partial charge in [-0.15, -0.1) is 11.3 Å². The van der Waals surface area contributed by atoms with Gasteiger partial charge in [-0.2, -0.15) is 8.42 Å². The lowest BCUT2D eigenvalue weighted by atomic mass is 10.1. The van der Waals surface area contributed by atoms with Crippen molar-refractivity contribution in [3.8, 4) is 0 Å². The Morgan fingerprint density at radius 3 is 2.47 bits per heavy atom. The van der Waals surface area contributed by atoms with Crippen molar-refractivity contribution in [1.29, 1.82) is 0 Å². The molecule has 0 spiro atoms. The smallest absolute Gasteiger partial charge is 0.297 e. The zero-order chi connectivity index (χ0) is 21.9. The molecule has 3 aromatic rings. The van der Waals surface area contributed by atoms with E-state index in [1.165, 1.54) is 0 Å². The molecule has 0 saturated carbocycles. The number of benzene rings is 2. The third kappa shape index (κ3) is 5.00. The summed E-state index contributed by atoms with van der Waals surface area (Å²) >= 11 is 1.54. The van der Waals surface area contributed by atoms with Crippen LogP contribution < -0.4 is 0 Å². The van der Waals surface area contributed by atoms with E-state index in [0.717, 1.165) is 20.5 Å². The van der Waals surface area contributed by atoms with Gasteiger partial charge in [0.1, 0.15) is 0 Å². The maximum Gasteiger partial charge on any atom is 0.297 e. The molecule has 0 bridgehead atoms. The summed E-state index contributed by atoms with van der Waals surface area (Å²) < 4.78 is 31.7. The fourth-order valence-corrected chi connectivity index (χ4v) is 6.01. The van der Waals surface area contributed by atoms with E-state index in [1.54, 1.807) is 37.3 Å². The molecule has 0 aliphatic heterocycles. The average Bonchev–Trinajstić information content (AvgIpc) is 3.07. The Labute approximate surface area is 179 Å². The summed E-state index contributed by atoms with van der Waals surface area (Å²) in [7, 11) is -4.07. The van der Waals surface area contributed by atoms with E-state index in [-0.39, 0.29) is 11.3 Å². The molecule has 0 radical (unpaired) electrons. The number of aryl methyl sites for hydroxylation is 3. The van der Waals surface area contributed by atoms with Crippen LogP contribution in [0.5, 0.6) is 0 Å². The fourth-order valence-electron chi connectivity index (χ4n) is 3.55. The van der Waals surface area contributed by atoms with Crippen LogP contribution >= 0.6 is 11.3 Å². The Bertz CT molecular complexity index is 1160. The molecule has 1 heterocycles. The van der Waals surface area contributed by atoms with Crippen LogP contribution in [0.15, 0.2) is 52.5 Å². The molecule has 158 valence electrons. The first-order valence-corrected chi connectivity index (χ1v) is 11.6. The Morgan fingerprint density at radius 2 is 1.83 bits per heavy atom. The molecule has 1 aromatic heterocycles. The first kappa shape index (κ1) is 22.3. The maximum absolute atomic E-state index is 12.7. The molecule has 0 unspecified atom stereocenters. The minimum absolute atomic E-state index is 0.102. The molecular weight excluding hydrogens is 422 g/mol. The minimum Gasteiger partial charge on any atom is -0.390 e. The van der Waals surface area contributed by atoms with Gasteiger partial charge in [-0.1, -0.05) is 41.0 Å². The predicted molar refractivity (Wildman–Crippen MR) is 118 cm³/mol. The highest BCUT2D eigenvalue weighted by Crippen LogP contribution is 2.28. The molecule has 2 aromatic carbocycles. The summed E-state index contributed by atoms with van der Waals surface area (Å²) in [5.74, 6) is 0. The summed E-state index contributed by atoms with van der Waals surface area (Å²) in [6, 6.07) is 12.5. The number of rotatable bonds is 8. The lowest BCUT2D eigenvalue weighted by Gasteiger charge is -2.19. The molecule has 0 amide bonds. The summed E-state index contributed by atoms with van der Waals surface area (Å²) in [5.41, 5.74) is 11.0. The lowest BCUT2D eigenvalue weighted by Crippen LogP contribution is -2.31. The second-order valence-electron chi connectivity index (χ2n) is 7.26.